The van der Waals surface area contributed by atoms with Crippen molar-refractivity contribution in [2.45, 2.75) is 13.3 Å². The van der Waals surface area contributed by atoms with Crippen LogP contribution in [0.4, 0.5) is 0 Å². The Kier molecular flexibility index (Phi) is 2.89. The van der Waals surface area contributed by atoms with E-state index < -0.39 is 11.5 Å². The summed E-state index contributed by atoms with van der Waals surface area (Å²) >= 11 is 1.39. The number of hydrogen-bond donors (Lipinski definition) is 2. The fourth-order valence-electron chi connectivity index (χ4n) is 1.58. The van der Waals surface area contributed by atoms with E-state index in [1.165, 1.54) is 11.3 Å². The van der Waals surface area contributed by atoms with Gasteiger partial charge in [-0.15, -0.1) is 11.3 Å². The van der Waals surface area contributed by atoms with E-state index in [0.29, 0.717) is 10.2 Å². The number of ether oxygens (including phenoxy) is 1. The first-order chi connectivity index (χ1) is 8.08. The zero-order chi connectivity index (χ0) is 12.6. The SMILES string of the molecule is CCc1cc2c(O)c(C(=O)OC)c(=O)[nH]c2s1. The number of esters is 1. The molecule has 2 N–H and O–H groups in total. The highest BCUT2D eigenvalue weighted by Crippen LogP contribution is 2.31. The third kappa shape index (κ3) is 1.80. The lowest BCUT2D eigenvalue weighted by Gasteiger charge is -2.02. The van der Waals surface area contributed by atoms with E-state index in [0.717, 1.165) is 18.4 Å². The van der Waals surface area contributed by atoms with Crippen LogP contribution >= 0.6 is 11.3 Å². The van der Waals surface area contributed by atoms with Gasteiger partial charge in [-0.1, -0.05) is 6.92 Å². The monoisotopic (exact) mass is 253 g/mol. The molecule has 0 fully saturated rings. The van der Waals surface area contributed by atoms with Crippen molar-refractivity contribution >= 4 is 27.5 Å². The Morgan fingerprint density at radius 1 is 1.59 bits per heavy atom. The summed E-state index contributed by atoms with van der Waals surface area (Å²) in [5, 5.41) is 10.4. The summed E-state index contributed by atoms with van der Waals surface area (Å²) in [6.07, 6.45) is 0.800. The van der Waals surface area contributed by atoms with Crippen molar-refractivity contribution < 1.29 is 14.6 Å². The molecule has 0 aliphatic rings. The number of fused-ring (bicyclic) bond motifs is 1. The normalized spacial score (nSPS) is 10.7. The van der Waals surface area contributed by atoms with Crippen molar-refractivity contribution in [3.05, 3.63) is 26.9 Å². The molecule has 0 aromatic carbocycles. The number of H-pyrrole nitrogens is 1. The van der Waals surface area contributed by atoms with Crippen molar-refractivity contribution in [3.63, 3.8) is 0 Å². The highest BCUT2D eigenvalue weighted by Gasteiger charge is 2.20. The van der Waals surface area contributed by atoms with Crippen molar-refractivity contribution in [1.82, 2.24) is 4.98 Å². The van der Waals surface area contributed by atoms with Crippen LogP contribution in [-0.2, 0) is 11.2 Å². The van der Waals surface area contributed by atoms with Crippen LogP contribution in [0.15, 0.2) is 10.9 Å². The summed E-state index contributed by atoms with van der Waals surface area (Å²) < 4.78 is 4.46. The smallest absolute Gasteiger partial charge is 0.347 e. The number of aromatic amines is 1. The van der Waals surface area contributed by atoms with E-state index in [9.17, 15) is 14.7 Å². The van der Waals surface area contributed by atoms with Gasteiger partial charge in [-0.05, 0) is 12.5 Å². The predicted molar refractivity (Wildman–Crippen MR) is 64.8 cm³/mol. The standard InChI is InChI=1S/C11H11NO4S/c1-3-5-4-6-8(13)7(11(15)16-2)9(14)12-10(6)17-5/h4H,3H2,1-2H3,(H2,12,13,14). The fourth-order valence-corrected chi connectivity index (χ4v) is 2.58. The second kappa shape index (κ2) is 4.21. The summed E-state index contributed by atoms with van der Waals surface area (Å²) in [7, 11) is 1.16. The van der Waals surface area contributed by atoms with E-state index in [2.05, 4.69) is 9.72 Å². The minimum atomic E-state index is -0.838. The number of rotatable bonds is 2. The van der Waals surface area contributed by atoms with Gasteiger partial charge in [-0.2, -0.15) is 0 Å². The van der Waals surface area contributed by atoms with Crippen molar-refractivity contribution in [3.8, 4) is 5.75 Å². The summed E-state index contributed by atoms with van der Waals surface area (Å²) in [6, 6.07) is 1.76. The number of carbonyl (C=O) groups is 1. The van der Waals surface area contributed by atoms with Crippen LogP contribution in [0.3, 0.4) is 0 Å². The number of pyridine rings is 1. The number of hydrogen-bond acceptors (Lipinski definition) is 5. The lowest BCUT2D eigenvalue weighted by atomic mass is 10.2. The number of aromatic hydroxyl groups is 1. The van der Waals surface area contributed by atoms with Crippen LogP contribution in [-0.4, -0.2) is 23.2 Å². The molecule has 0 radical (unpaired) electrons. The average molecular weight is 253 g/mol. The van der Waals surface area contributed by atoms with Crippen LogP contribution in [0.1, 0.15) is 22.2 Å². The molecule has 0 aliphatic heterocycles. The molecule has 0 bridgehead atoms. The molecule has 0 aliphatic carbocycles. The van der Waals surface area contributed by atoms with Crippen molar-refractivity contribution in [1.29, 1.82) is 0 Å². The molecular formula is C11H11NO4S. The highest BCUT2D eigenvalue weighted by atomic mass is 32.1. The third-order valence-electron chi connectivity index (χ3n) is 2.47. The Labute approximate surface area is 101 Å². The Balaban J connectivity index is 2.79. The molecular weight excluding hydrogens is 242 g/mol. The maximum absolute atomic E-state index is 11.6. The number of carbonyl (C=O) groups excluding carboxylic acids is 1. The Hall–Kier alpha value is -1.82. The van der Waals surface area contributed by atoms with Crippen LogP contribution in [0.5, 0.6) is 5.75 Å². The van der Waals surface area contributed by atoms with Gasteiger partial charge in [0.15, 0.2) is 5.56 Å². The second-order valence-electron chi connectivity index (χ2n) is 3.48. The highest BCUT2D eigenvalue weighted by molar-refractivity contribution is 7.18. The van der Waals surface area contributed by atoms with E-state index in [-0.39, 0.29) is 11.3 Å². The Bertz CT molecular complexity index is 641. The van der Waals surface area contributed by atoms with Crippen molar-refractivity contribution in [2.75, 3.05) is 7.11 Å². The van der Waals surface area contributed by atoms with E-state index in [4.69, 9.17) is 0 Å². The molecule has 2 aromatic rings. The molecule has 0 amide bonds. The number of aryl methyl sites for hydroxylation is 1. The van der Waals surface area contributed by atoms with Gasteiger partial charge in [0.1, 0.15) is 10.6 Å². The van der Waals surface area contributed by atoms with Gasteiger partial charge in [0.2, 0.25) is 0 Å². The maximum Gasteiger partial charge on any atom is 0.347 e. The Morgan fingerprint density at radius 2 is 2.29 bits per heavy atom. The summed E-state index contributed by atoms with van der Waals surface area (Å²) in [5.74, 6) is -1.15. The van der Waals surface area contributed by atoms with Gasteiger partial charge in [-0.25, -0.2) is 4.79 Å². The number of aromatic nitrogens is 1. The second-order valence-corrected chi connectivity index (χ2v) is 4.62. The van der Waals surface area contributed by atoms with Crippen LogP contribution in [0.25, 0.3) is 10.2 Å². The number of nitrogens with one attached hydrogen (secondary N) is 1. The summed E-state index contributed by atoms with van der Waals surface area (Å²) in [4.78, 5) is 27.2. The van der Waals surface area contributed by atoms with Gasteiger partial charge in [0.05, 0.1) is 12.5 Å². The summed E-state index contributed by atoms with van der Waals surface area (Å²) in [5.41, 5.74) is -0.980. The van der Waals surface area contributed by atoms with E-state index >= 15 is 0 Å². The molecule has 0 saturated heterocycles. The molecule has 0 spiro atoms. The number of methoxy groups -OCH3 is 1. The van der Waals surface area contributed by atoms with E-state index in [1.54, 1.807) is 6.07 Å². The quantitative estimate of drug-likeness (QED) is 0.797. The van der Waals surface area contributed by atoms with Crippen LogP contribution < -0.4 is 5.56 Å². The van der Waals surface area contributed by atoms with Gasteiger partial charge < -0.3 is 14.8 Å². The lowest BCUT2D eigenvalue weighted by Crippen LogP contribution is -2.18. The molecule has 2 rings (SSSR count). The van der Waals surface area contributed by atoms with Gasteiger partial charge in [0.25, 0.3) is 5.56 Å². The molecule has 0 saturated carbocycles. The predicted octanol–water partition coefficient (Wildman–Crippen LogP) is 1.64. The first-order valence-electron chi connectivity index (χ1n) is 5.04. The van der Waals surface area contributed by atoms with Gasteiger partial charge >= 0.3 is 5.97 Å². The first-order valence-corrected chi connectivity index (χ1v) is 5.86. The summed E-state index contributed by atoms with van der Waals surface area (Å²) in [6.45, 7) is 1.97. The molecule has 6 heteroatoms. The zero-order valence-corrected chi connectivity index (χ0v) is 10.2. The molecule has 2 aromatic heterocycles. The lowest BCUT2D eigenvalue weighted by molar-refractivity contribution is 0.0595. The average Bonchev–Trinajstić information content (AvgIpc) is 2.71. The minimum absolute atomic E-state index is 0.313. The molecule has 90 valence electrons. The van der Waals surface area contributed by atoms with Crippen LogP contribution in [0, 0.1) is 0 Å². The van der Waals surface area contributed by atoms with Gasteiger partial charge in [-0.3, -0.25) is 4.79 Å². The molecule has 2 heterocycles. The zero-order valence-electron chi connectivity index (χ0n) is 9.36. The van der Waals surface area contributed by atoms with Crippen molar-refractivity contribution in [2.24, 2.45) is 0 Å². The maximum atomic E-state index is 11.6. The largest absolute Gasteiger partial charge is 0.506 e. The Morgan fingerprint density at radius 3 is 2.88 bits per heavy atom. The minimum Gasteiger partial charge on any atom is -0.506 e. The molecule has 17 heavy (non-hydrogen) atoms. The third-order valence-corrected chi connectivity index (χ3v) is 3.66. The fraction of sp³-hybridized carbons (Fsp3) is 0.273. The first kappa shape index (κ1) is 11.7. The van der Waals surface area contributed by atoms with E-state index in [1.807, 2.05) is 6.92 Å². The van der Waals surface area contributed by atoms with Gasteiger partial charge in [0, 0.05) is 4.88 Å². The molecule has 5 nitrogen and oxygen atoms in total. The molecule has 0 atom stereocenters. The van der Waals surface area contributed by atoms with Crippen LogP contribution in [0.2, 0.25) is 0 Å². The number of thiophene rings is 1. The topological polar surface area (TPSA) is 79.4 Å². The molecule has 0 unspecified atom stereocenters.